The lowest BCUT2D eigenvalue weighted by molar-refractivity contribution is -0.117. The van der Waals surface area contributed by atoms with Crippen molar-refractivity contribution in [2.45, 2.75) is 19.8 Å². The standard InChI is InChI=1S/C18H17FN2O2/c1-12-4-9-16(15(19)11-12)20-18(23)13-5-7-14(8-6-13)21-10-2-3-17(21)22/h4-9,11H,2-3,10H2,1H3,(H,20,23). The van der Waals surface area contributed by atoms with Crippen molar-refractivity contribution in [2.24, 2.45) is 0 Å². The van der Waals surface area contributed by atoms with Gasteiger partial charge in [-0.15, -0.1) is 0 Å². The molecule has 5 heteroatoms. The lowest BCUT2D eigenvalue weighted by atomic mass is 10.1. The van der Waals surface area contributed by atoms with Gasteiger partial charge in [-0.25, -0.2) is 4.39 Å². The first kappa shape index (κ1) is 15.2. The lowest BCUT2D eigenvalue weighted by Gasteiger charge is -2.15. The molecule has 0 spiro atoms. The normalized spacial score (nSPS) is 14.2. The molecule has 0 aromatic heterocycles. The van der Waals surface area contributed by atoms with E-state index in [0.717, 1.165) is 17.7 Å². The molecule has 0 saturated carbocycles. The summed E-state index contributed by atoms with van der Waals surface area (Å²) in [5, 5.41) is 2.56. The van der Waals surface area contributed by atoms with Gasteiger partial charge in [0.25, 0.3) is 5.91 Å². The summed E-state index contributed by atoms with van der Waals surface area (Å²) in [4.78, 5) is 25.6. The minimum Gasteiger partial charge on any atom is -0.319 e. The molecule has 2 aromatic rings. The quantitative estimate of drug-likeness (QED) is 0.943. The van der Waals surface area contributed by atoms with E-state index in [9.17, 15) is 14.0 Å². The van der Waals surface area contributed by atoms with Crippen LogP contribution in [-0.4, -0.2) is 18.4 Å². The third-order valence-corrected chi connectivity index (χ3v) is 3.89. The summed E-state index contributed by atoms with van der Waals surface area (Å²) in [5.74, 6) is -0.742. The molecule has 0 unspecified atom stereocenters. The number of benzene rings is 2. The molecule has 4 nitrogen and oxygen atoms in total. The zero-order valence-corrected chi connectivity index (χ0v) is 12.8. The molecule has 0 aliphatic carbocycles. The summed E-state index contributed by atoms with van der Waals surface area (Å²) in [5.41, 5.74) is 2.14. The van der Waals surface area contributed by atoms with Gasteiger partial charge in [0.15, 0.2) is 0 Å². The van der Waals surface area contributed by atoms with Gasteiger partial charge in [-0.3, -0.25) is 9.59 Å². The summed E-state index contributed by atoms with van der Waals surface area (Å²) in [6, 6.07) is 11.4. The van der Waals surface area contributed by atoms with E-state index in [0.29, 0.717) is 18.5 Å². The lowest BCUT2D eigenvalue weighted by Crippen LogP contribution is -2.23. The van der Waals surface area contributed by atoms with Crippen molar-refractivity contribution in [1.29, 1.82) is 0 Å². The zero-order valence-electron chi connectivity index (χ0n) is 12.8. The highest BCUT2D eigenvalue weighted by Crippen LogP contribution is 2.22. The molecule has 1 aliphatic heterocycles. The SMILES string of the molecule is Cc1ccc(NC(=O)c2ccc(N3CCCC3=O)cc2)c(F)c1. The van der Waals surface area contributed by atoms with Gasteiger partial charge in [0.05, 0.1) is 5.69 Å². The Morgan fingerprint density at radius 2 is 1.91 bits per heavy atom. The number of hydrogen-bond donors (Lipinski definition) is 1. The minimum atomic E-state index is -0.461. The molecular formula is C18H17FN2O2. The second kappa shape index (κ2) is 6.20. The Balaban J connectivity index is 1.74. The van der Waals surface area contributed by atoms with E-state index >= 15 is 0 Å². The molecule has 1 N–H and O–H groups in total. The summed E-state index contributed by atoms with van der Waals surface area (Å²) >= 11 is 0. The number of halogens is 1. The van der Waals surface area contributed by atoms with Crippen molar-refractivity contribution in [3.63, 3.8) is 0 Å². The monoisotopic (exact) mass is 312 g/mol. The maximum absolute atomic E-state index is 13.8. The molecule has 2 aromatic carbocycles. The molecule has 3 rings (SSSR count). The number of anilines is 2. The van der Waals surface area contributed by atoms with Crippen LogP contribution in [0.25, 0.3) is 0 Å². The molecule has 2 amide bonds. The number of rotatable bonds is 3. The maximum atomic E-state index is 13.8. The average molecular weight is 312 g/mol. The van der Waals surface area contributed by atoms with Gasteiger partial charge in [0, 0.05) is 24.2 Å². The van der Waals surface area contributed by atoms with E-state index in [4.69, 9.17) is 0 Å². The number of aryl methyl sites for hydroxylation is 1. The van der Waals surface area contributed by atoms with Crippen molar-refractivity contribution in [1.82, 2.24) is 0 Å². The van der Waals surface area contributed by atoms with E-state index in [-0.39, 0.29) is 17.5 Å². The fourth-order valence-corrected chi connectivity index (χ4v) is 2.63. The van der Waals surface area contributed by atoms with Gasteiger partial charge >= 0.3 is 0 Å². The second-order valence-corrected chi connectivity index (χ2v) is 5.63. The first-order chi connectivity index (χ1) is 11.0. The van der Waals surface area contributed by atoms with Crippen LogP contribution in [0.5, 0.6) is 0 Å². The summed E-state index contributed by atoms with van der Waals surface area (Å²) in [7, 11) is 0. The predicted molar refractivity (Wildman–Crippen MR) is 87.1 cm³/mol. The van der Waals surface area contributed by atoms with Gasteiger partial charge in [-0.05, 0) is 55.3 Å². The first-order valence-corrected chi connectivity index (χ1v) is 7.52. The number of hydrogen-bond acceptors (Lipinski definition) is 2. The number of nitrogens with one attached hydrogen (secondary N) is 1. The number of amides is 2. The van der Waals surface area contributed by atoms with Gasteiger partial charge in [0.2, 0.25) is 5.91 Å². The Kier molecular flexibility index (Phi) is 4.10. The van der Waals surface area contributed by atoms with Crippen LogP contribution in [0.2, 0.25) is 0 Å². The fraction of sp³-hybridized carbons (Fsp3) is 0.222. The van der Waals surface area contributed by atoms with Gasteiger partial charge in [-0.2, -0.15) is 0 Å². The Hall–Kier alpha value is -2.69. The van der Waals surface area contributed by atoms with Crippen LogP contribution in [-0.2, 0) is 4.79 Å². The molecule has 118 valence electrons. The fourth-order valence-electron chi connectivity index (χ4n) is 2.63. The van der Waals surface area contributed by atoms with Crippen LogP contribution >= 0.6 is 0 Å². The molecule has 0 atom stereocenters. The van der Waals surface area contributed by atoms with E-state index in [1.807, 2.05) is 0 Å². The number of nitrogens with zero attached hydrogens (tertiary/aromatic N) is 1. The molecule has 0 radical (unpaired) electrons. The van der Waals surface area contributed by atoms with Gasteiger partial charge in [-0.1, -0.05) is 6.07 Å². The van der Waals surface area contributed by atoms with Crippen molar-refractivity contribution in [3.8, 4) is 0 Å². The van der Waals surface area contributed by atoms with Crippen LogP contribution in [0.15, 0.2) is 42.5 Å². The van der Waals surface area contributed by atoms with Crippen LogP contribution in [0, 0.1) is 12.7 Å². The highest BCUT2D eigenvalue weighted by Gasteiger charge is 2.21. The van der Waals surface area contributed by atoms with Crippen LogP contribution in [0.3, 0.4) is 0 Å². The Bertz CT molecular complexity index is 756. The topological polar surface area (TPSA) is 49.4 Å². The zero-order chi connectivity index (χ0) is 16.4. The van der Waals surface area contributed by atoms with Crippen molar-refractivity contribution >= 4 is 23.2 Å². The van der Waals surface area contributed by atoms with Crippen molar-refractivity contribution < 1.29 is 14.0 Å². The third-order valence-electron chi connectivity index (χ3n) is 3.89. The molecule has 1 saturated heterocycles. The smallest absolute Gasteiger partial charge is 0.255 e. The van der Waals surface area contributed by atoms with Crippen LogP contribution < -0.4 is 10.2 Å². The molecule has 23 heavy (non-hydrogen) atoms. The first-order valence-electron chi connectivity index (χ1n) is 7.52. The highest BCUT2D eigenvalue weighted by molar-refractivity contribution is 6.05. The van der Waals surface area contributed by atoms with E-state index < -0.39 is 5.82 Å². The predicted octanol–water partition coefficient (Wildman–Crippen LogP) is 3.51. The molecule has 1 fully saturated rings. The van der Waals surface area contributed by atoms with E-state index in [1.54, 1.807) is 48.2 Å². The average Bonchev–Trinajstić information content (AvgIpc) is 2.96. The molecule has 1 heterocycles. The van der Waals surface area contributed by atoms with Crippen molar-refractivity contribution in [2.75, 3.05) is 16.8 Å². The largest absolute Gasteiger partial charge is 0.319 e. The Labute approximate surface area is 133 Å². The third kappa shape index (κ3) is 3.23. The van der Waals surface area contributed by atoms with Crippen LogP contribution in [0.4, 0.5) is 15.8 Å². The number of carbonyl (C=O) groups excluding carboxylic acids is 2. The summed E-state index contributed by atoms with van der Waals surface area (Å²) < 4.78 is 13.8. The molecule has 0 bridgehead atoms. The van der Waals surface area contributed by atoms with Crippen LogP contribution in [0.1, 0.15) is 28.8 Å². The minimum absolute atomic E-state index is 0.101. The summed E-state index contributed by atoms with van der Waals surface area (Å²) in [6.45, 7) is 2.49. The van der Waals surface area contributed by atoms with E-state index in [2.05, 4.69) is 5.32 Å². The van der Waals surface area contributed by atoms with Gasteiger partial charge < -0.3 is 10.2 Å². The molecule has 1 aliphatic rings. The van der Waals surface area contributed by atoms with Gasteiger partial charge in [0.1, 0.15) is 5.82 Å². The number of carbonyl (C=O) groups is 2. The summed E-state index contributed by atoms with van der Waals surface area (Å²) in [6.07, 6.45) is 1.42. The van der Waals surface area contributed by atoms with Crippen molar-refractivity contribution in [3.05, 3.63) is 59.4 Å². The maximum Gasteiger partial charge on any atom is 0.255 e. The second-order valence-electron chi connectivity index (χ2n) is 5.63. The highest BCUT2D eigenvalue weighted by atomic mass is 19.1. The Morgan fingerprint density at radius 3 is 2.52 bits per heavy atom. The molecular weight excluding hydrogens is 295 g/mol. The Morgan fingerprint density at radius 1 is 1.17 bits per heavy atom. The van der Waals surface area contributed by atoms with E-state index in [1.165, 1.54) is 6.07 Å².